The van der Waals surface area contributed by atoms with Crippen molar-refractivity contribution in [3.8, 4) is 0 Å². The second-order valence-electron chi connectivity index (χ2n) is 9.66. The van der Waals surface area contributed by atoms with Gasteiger partial charge in [0.15, 0.2) is 0 Å². The van der Waals surface area contributed by atoms with Gasteiger partial charge in [-0.2, -0.15) is 0 Å². The summed E-state index contributed by atoms with van der Waals surface area (Å²) in [5.74, 6) is -5.93. The van der Waals surface area contributed by atoms with Gasteiger partial charge in [-0.25, -0.2) is 0 Å². The van der Waals surface area contributed by atoms with E-state index in [9.17, 15) is 39.6 Å². The maximum Gasteiger partial charge on any atom is 0.311 e. The van der Waals surface area contributed by atoms with Crippen LogP contribution in [-0.2, 0) is 19.2 Å². The first-order chi connectivity index (χ1) is 16.1. The minimum Gasteiger partial charge on any atom is -0.481 e. The van der Waals surface area contributed by atoms with Crippen LogP contribution in [0.4, 0.5) is 0 Å². The van der Waals surface area contributed by atoms with Gasteiger partial charge in [0.2, 0.25) is 0 Å². The molecule has 0 rings (SSSR count). The Kier molecular flexibility index (Phi) is 16.3. The van der Waals surface area contributed by atoms with E-state index in [2.05, 4.69) is 13.8 Å². The zero-order valence-corrected chi connectivity index (χ0v) is 21.1. The standard InChI is InChI=1S/C26H46O8/c1-3-5-7-9-11-13-15-17-25(23(31)32,19-21(27)28)26(24(33)34,20-22(29)30)18-16-14-12-10-8-6-4-2/h3-20H2,1-2H3,(H,27,28)(H,29,30)(H,31,32)(H,33,34). The van der Waals surface area contributed by atoms with Crippen molar-refractivity contribution in [2.24, 2.45) is 10.8 Å². The molecule has 0 aliphatic rings. The molecule has 0 amide bonds. The minimum absolute atomic E-state index is 0.168. The molecule has 4 N–H and O–H groups in total. The predicted octanol–water partition coefficient (Wildman–Crippen LogP) is 6.36. The molecule has 0 radical (unpaired) electrons. The molecule has 0 aromatic rings. The van der Waals surface area contributed by atoms with Crippen molar-refractivity contribution >= 4 is 23.9 Å². The normalized spacial score (nSPS) is 14.8. The lowest BCUT2D eigenvalue weighted by Crippen LogP contribution is -2.55. The third kappa shape index (κ3) is 10.4. The van der Waals surface area contributed by atoms with Crippen LogP contribution in [0.1, 0.15) is 129 Å². The lowest BCUT2D eigenvalue weighted by molar-refractivity contribution is -0.184. The smallest absolute Gasteiger partial charge is 0.311 e. The van der Waals surface area contributed by atoms with Crippen molar-refractivity contribution in [2.45, 2.75) is 129 Å². The average molecular weight is 487 g/mol. The highest BCUT2D eigenvalue weighted by atomic mass is 16.4. The third-order valence-corrected chi connectivity index (χ3v) is 7.06. The van der Waals surface area contributed by atoms with Crippen molar-refractivity contribution in [2.75, 3.05) is 0 Å². The van der Waals surface area contributed by atoms with Crippen molar-refractivity contribution in [1.82, 2.24) is 0 Å². The summed E-state index contributed by atoms with van der Waals surface area (Å²) in [5.41, 5.74) is -4.37. The van der Waals surface area contributed by atoms with Crippen LogP contribution in [0, 0.1) is 10.8 Å². The number of carboxylic acids is 4. The molecule has 8 nitrogen and oxygen atoms in total. The molecular weight excluding hydrogens is 440 g/mol. The van der Waals surface area contributed by atoms with E-state index >= 15 is 0 Å². The molecular formula is C26H46O8. The van der Waals surface area contributed by atoms with E-state index in [1.165, 1.54) is 0 Å². The molecule has 0 saturated heterocycles. The quantitative estimate of drug-likeness (QED) is 0.122. The number of aliphatic carboxylic acids is 4. The molecule has 0 aliphatic heterocycles. The Morgan fingerprint density at radius 2 is 0.735 bits per heavy atom. The first kappa shape index (κ1) is 31.9. The molecule has 0 bridgehead atoms. The lowest BCUT2D eigenvalue weighted by Gasteiger charge is -2.44. The summed E-state index contributed by atoms with van der Waals surface area (Å²) in [4.78, 5) is 48.7. The van der Waals surface area contributed by atoms with Crippen molar-refractivity contribution in [1.29, 1.82) is 0 Å². The Morgan fingerprint density at radius 1 is 0.471 bits per heavy atom. The number of hydrogen-bond donors (Lipinski definition) is 4. The van der Waals surface area contributed by atoms with Crippen LogP contribution in [0.5, 0.6) is 0 Å². The Labute approximate surface area is 204 Å². The molecule has 34 heavy (non-hydrogen) atoms. The Balaban J connectivity index is 5.79. The largest absolute Gasteiger partial charge is 0.481 e. The minimum atomic E-state index is -2.19. The van der Waals surface area contributed by atoms with E-state index in [4.69, 9.17) is 0 Å². The number of unbranched alkanes of at least 4 members (excludes halogenated alkanes) is 12. The maximum atomic E-state index is 12.6. The van der Waals surface area contributed by atoms with E-state index in [0.29, 0.717) is 25.7 Å². The summed E-state index contributed by atoms with van der Waals surface area (Å²) in [7, 11) is 0. The molecule has 2 unspecified atom stereocenters. The predicted molar refractivity (Wildman–Crippen MR) is 130 cm³/mol. The summed E-state index contributed by atoms with van der Waals surface area (Å²) in [6, 6.07) is 0. The van der Waals surface area contributed by atoms with Crippen LogP contribution in [-0.4, -0.2) is 44.3 Å². The lowest BCUT2D eigenvalue weighted by atomic mass is 9.55. The van der Waals surface area contributed by atoms with Gasteiger partial charge in [-0.1, -0.05) is 104 Å². The number of hydrogen-bond acceptors (Lipinski definition) is 4. The van der Waals surface area contributed by atoms with Gasteiger partial charge in [0, 0.05) is 0 Å². The Morgan fingerprint density at radius 3 is 0.971 bits per heavy atom. The van der Waals surface area contributed by atoms with Crippen LogP contribution < -0.4 is 0 Å². The third-order valence-electron chi connectivity index (χ3n) is 7.06. The molecule has 0 aromatic heterocycles. The van der Waals surface area contributed by atoms with Gasteiger partial charge in [-0.15, -0.1) is 0 Å². The van der Waals surface area contributed by atoms with Gasteiger partial charge < -0.3 is 20.4 Å². The van der Waals surface area contributed by atoms with E-state index in [-0.39, 0.29) is 12.8 Å². The van der Waals surface area contributed by atoms with Gasteiger partial charge in [-0.3, -0.25) is 19.2 Å². The first-order valence-corrected chi connectivity index (χ1v) is 13.0. The summed E-state index contributed by atoms with van der Waals surface area (Å²) >= 11 is 0. The van der Waals surface area contributed by atoms with Crippen molar-refractivity contribution < 1.29 is 39.6 Å². The monoisotopic (exact) mass is 486 g/mol. The van der Waals surface area contributed by atoms with Gasteiger partial charge in [0.25, 0.3) is 0 Å². The highest BCUT2D eigenvalue weighted by Gasteiger charge is 2.62. The Bertz CT molecular complexity index is 578. The molecule has 2 atom stereocenters. The van der Waals surface area contributed by atoms with Crippen LogP contribution in [0.15, 0.2) is 0 Å². The zero-order valence-electron chi connectivity index (χ0n) is 21.1. The van der Waals surface area contributed by atoms with E-state index in [1.807, 2.05) is 0 Å². The van der Waals surface area contributed by atoms with Crippen LogP contribution in [0.25, 0.3) is 0 Å². The van der Waals surface area contributed by atoms with Gasteiger partial charge in [-0.05, 0) is 12.8 Å². The Hall–Kier alpha value is -2.12. The van der Waals surface area contributed by atoms with Crippen molar-refractivity contribution in [3.63, 3.8) is 0 Å². The molecule has 0 saturated carbocycles. The fraction of sp³-hybridized carbons (Fsp3) is 0.846. The number of carboxylic acid groups (broad SMARTS) is 4. The molecule has 0 aromatic carbocycles. The number of rotatable bonds is 23. The fourth-order valence-electron chi connectivity index (χ4n) is 5.05. The molecule has 0 aliphatic carbocycles. The summed E-state index contributed by atoms with van der Waals surface area (Å²) in [6.07, 6.45) is 10.0. The SMILES string of the molecule is CCCCCCCCCC(CC(=O)O)(C(=O)O)C(CCCCCCCCC)(CC(=O)O)C(=O)O. The maximum absolute atomic E-state index is 12.6. The van der Waals surface area contributed by atoms with E-state index < -0.39 is 47.5 Å². The highest BCUT2D eigenvalue weighted by Crippen LogP contribution is 2.53. The fourth-order valence-corrected chi connectivity index (χ4v) is 5.05. The van der Waals surface area contributed by atoms with Gasteiger partial charge in [0.05, 0.1) is 23.7 Å². The first-order valence-electron chi connectivity index (χ1n) is 13.0. The highest BCUT2D eigenvalue weighted by molar-refractivity contribution is 5.92. The molecule has 8 heteroatoms. The topological polar surface area (TPSA) is 149 Å². The molecule has 0 spiro atoms. The second-order valence-corrected chi connectivity index (χ2v) is 9.66. The van der Waals surface area contributed by atoms with Crippen LogP contribution in [0.2, 0.25) is 0 Å². The van der Waals surface area contributed by atoms with Crippen molar-refractivity contribution in [3.05, 3.63) is 0 Å². The summed E-state index contributed by atoms with van der Waals surface area (Å²) in [5, 5.41) is 39.6. The molecule has 0 fully saturated rings. The molecule has 0 heterocycles. The molecule has 198 valence electrons. The van der Waals surface area contributed by atoms with Gasteiger partial charge in [0.1, 0.15) is 0 Å². The summed E-state index contributed by atoms with van der Waals surface area (Å²) in [6.45, 7) is 4.21. The van der Waals surface area contributed by atoms with Crippen LogP contribution in [0.3, 0.4) is 0 Å². The van der Waals surface area contributed by atoms with Gasteiger partial charge >= 0.3 is 23.9 Å². The second kappa shape index (κ2) is 17.3. The zero-order chi connectivity index (χ0) is 26.0. The summed E-state index contributed by atoms with van der Waals surface area (Å²) < 4.78 is 0. The van der Waals surface area contributed by atoms with E-state index in [1.54, 1.807) is 0 Å². The van der Waals surface area contributed by atoms with E-state index in [0.717, 1.165) is 64.2 Å². The average Bonchev–Trinajstić information content (AvgIpc) is 2.75. The number of carbonyl (C=O) groups is 4. The van der Waals surface area contributed by atoms with Crippen LogP contribution >= 0.6 is 0 Å².